The minimum absolute atomic E-state index is 0.0766. The molecule has 0 bridgehead atoms. The summed E-state index contributed by atoms with van der Waals surface area (Å²) in [6.07, 6.45) is 3.16. The van der Waals surface area contributed by atoms with Crippen LogP contribution in [0.15, 0.2) is 36.9 Å². The van der Waals surface area contributed by atoms with E-state index in [0.717, 1.165) is 5.56 Å². The SMILES string of the molecule is CNC(=O)c1ccc(Cn2cncn2)cc1. The van der Waals surface area contributed by atoms with Gasteiger partial charge < -0.3 is 5.32 Å². The molecule has 2 rings (SSSR count). The first-order valence-corrected chi connectivity index (χ1v) is 4.93. The molecule has 5 heteroatoms. The van der Waals surface area contributed by atoms with Crippen LogP contribution in [0.1, 0.15) is 15.9 Å². The molecule has 5 nitrogen and oxygen atoms in total. The summed E-state index contributed by atoms with van der Waals surface area (Å²) >= 11 is 0. The molecule has 0 aliphatic carbocycles. The highest BCUT2D eigenvalue weighted by Gasteiger charge is 2.02. The lowest BCUT2D eigenvalue weighted by atomic mass is 10.1. The summed E-state index contributed by atoms with van der Waals surface area (Å²) in [5.41, 5.74) is 1.74. The zero-order valence-electron chi connectivity index (χ0n) is 8.92. The molecule has 0 aliphatic heterocycles. The molecule has 1 aromatic carbocycles. The number of hydrogen-bond acceptors (Lipinski definition) is 3. The monoisotopic (exact) mass is 216 g/mol. The van der Waals surface area contributed by atoms with Crippen molar-refractivity contribution in [1.82, 2.24) is 20.1 Å². The van der Waals surface area contributed by atoms with E-state index in [1.165, 1.54) is 6.33 Å². The molecule has 2 aromatic rings. The van der Waals surface area contributed by atoms with Crippen molar-refractivity contribution in [1.29, 1.82) is 0 Å². The Balaban J connectivity index is 2.10. The van der Waals surface area contributed by atoms with Crippen molar-refractivity contribution in [3.63, 3.8) is 0 Å². The van der Waals surface area contributed by atoms with Crippen LogP contribution in [0.4, 0.5) is 0 Å². The maximum absolute atomic E-state index is 11.3. The van der Waals surface area contributed by atoms with Gasteiger partial charge in [-0.3, -0.25) is 4.79 Å². The Morgan fingerprint density at radius 2 is 2.12 bits per heavy atom. The zero-order valence-corrected chi connectivity index (χ0v) is 8.92. The Morgan fingerprint density at radius 3 is 2.69 bits per heavy atom. The van der Waals surface area contributed by atoms with Crippen LogP contribution in [0.5, 0.6) is 0 Å². The van der Waals surface area contributed by atoms with Crippen LogP contribution in [0, 0.1) is 0 Å². The van der Waals surface area contributed by atoms with Crippen molar-refractivity contribution in [3.8, 4) is 0 Å². The molecule has 0 fully saturated rings. The normalized spacial score (nSPS) is 10.1. The second-order valence-corrected chi connectivity index (χ2v) is 3.37. The average Bonchev–Trinajstić information content (AvgIpc) is 2.82. The molecule has 0 saturated carbocycles. The van der Waals surface area contributed by atoms with Gasteiger partial charge in [0, 0.05) is 12.6 Å². The van der Waals surface area contributed by atoms with Gasteiger partial charge >= 0.3 is 0 Å². The minimum atomic E-state index is -0.0766. The molecule has 0 saturated heterocycles. The van der Waals surface area contributed by atoms with Gasteiger partial charge in [0.1, 0.15) is 12.7 Å². The maximum Gasteiger partial charge on any atom is 0.251 e. The van der Waals surface area contributed by atoms with Crippen molar-refractivity contribution in [3.05, 3.63) is 48.0 Å². The second-order valence-electron chi connectivity index (χ2n) is 3.37. The Bertz CT molecular complexity index is 461. The van der Waals surface area contributed by atoms with Gasteiger partial charge in [-0.05, 0) is 17.7 Å². The van der Waals surface area contributed by atoms with E-state index in [1.807, 2.05) is 12.1 Å². The van der Waals surface area contributed by atoms with Crippen LogP contribution in [0.2, 0.25) is 0 Å². The predicted molar refractivity (Wildman–Crippen MR) is 59.0 cm³/mol. The molecule has 0 radical (unpaired) electrons. The highest BCUT2D eigenvalue weighted by atomic mass is 16.1. The molecule has 0 unspecified atom stereocenters. The van der Waals surface area contributed by atoms with Gasteiger partial charge in [0.2, 0.25) is 0 Å². The second kappa shape index (κ2) is 4.57. The van der Waals surface area contributed by atoms with Crippen LogP contribution >= 0.6 is 0 Å². The Morgan fingerprint density at radius 1 is 1.38 bits per heavy atom. The van der Waals surface area contributed by atoms with Crippen molar-refractivity contribution < 1.29 is 4.79 Å². The maximum atomic E-state index is 11.3. The summed E-state index contributed by atoms with van der Waals surface area (Å²) in [6.45, 7) is 0.661. The van der Waals surface area contributed by atoms with Gasteiger partial charge in [0.25, 0.3) is 5.91 Å². The van der Waals surface area contributed by atoms with Crippen molar-refractivity contribution in [2.24, 2.45) is 0 Å². The topological polar surface area (TPSA) is 59.8 Å². The standard InChI is InChI=1S/C11H12N4O/c1-12-11(16)10-4-2-9(3-5-10)6-15-8-13-7-14-15/h2-5,7-8H,6H2,1H3,(H,12,16). The van der Waals surface area contributed by atoms with E-state index in [4.69, 9.17) is 0 Å². The average molecular weight is 216 g/mol. The predicted octanol–water partition coefficient (Wildman–Crippen LogP) is 0.686. The first-order valence-electron chi connectivity index (χ1n) is 4.93. The lowest BCUT2D eigenvalue weighted by Gasteiger charge is -2.03. The smallest absolute Gasteiger partial charge is 0.251 e. The fraction of sp³-hybridized carbons (Fsp3) is 0.182. The van der Waals surface area contributed by atoms with E-state index in [9.17, 15) is 4.79 Å². The largest absolute Gasteiger partial charge is 0.355 e. The molecule has 0 spiro atoms. The van der Waals surface area contributed by atoms with Crippen molar-refractivity contribution in [2.45, 2.75) is 6.54 Å². The number of rotatable bonds is 3. The number of carbonyl (C=O) groups is 1. The minimum Gasteiger partial charge on any atom is -0.355 e. The van der Waals surface area contributed by atoms with Gasteiger partial charge in [-0.15, -0.1) is 0 Å². The quantitative estimate of drug-likeness (QED) is 0.821. The number of benzene rings is 1. The molecule has 1 aromatic heterocycles. The molecule has 0 aliphatic rings. The van der Waals surface area contributed by atoms with Crippen LogP contribution in [-0.4, -0.2) is 27.7 Å². The summed E-state index contributed by atoms with van der Waals surface area (Å²) < 4.78 is 1.73. The van der Waals surface area contributed by atoms with Crippen LogP contribution in [0.3, 0.4) is 0 Å². The summed E-state index contributed by atoms with van der Waals surface area (Å²) in [5, 5.41) is 6.59. The number of carbonyl (C=O) groups excluding carboxylic acids is 1. The Labute approximate surface area is 93.1 Å². The third kappa shape index (κ3) is 2.25. The van der Waals surface area contributed by atoms with Gasteiger partial charge in [-0.2, -0.15) is 5.10 Å². The molecule has 1 heterocycles. The van der Waals surface area contributed by atoms with E-state index in [-0.39, 0.29) is 5.91 Å². The molecule has 1 amide bonds. The van der Waals surface area contributed by atoms with E-state index in [0.29, 0.717) is 12.1 Å². The highest BCUT2D eigenvalue weighted by molar-refractivity contribution is 5.93. The van der Waals surface area contributed by atoms with Gasteiger partial charge in [0.15, 0.2) is 0 Å². The molecular formula is C11H12N4O. The lowest BCUT2D eigenvalue weighted by Crippen LogP contribution is -2.17. The van der Waals surface area contributed by atoms with E-state index in [1.54, 1.807) is 30.2 Å². The number of aromatic nitrogens is 3. The molecule has 1 N–H and O–H groups in total. The van der Waals surface area contributed by atoms with Crippen LogP contribution in [0.25, 0.3) is 0 Å². The van der Waals surface area contributed by atoms with Gasteiger partial charge in [-0.1, -0.05) is 12.1 Å². The van der Waals surface area contributed by atoms with Gasteiger partial charge in [0.05, 0.1) is 6.54 Å². The Kier molecular flexibility index (Phi) is 2.95. The number of nitrogens with zero attached hydrogens (tertiary/aromatic N) is 3. The van der Waals surface area contributed by atoms with E-state index < -0.39 is 0 Å². The molecule has 82 valence electrons. The fourth-order valence-corrected chi connectivity index (χ4v) is 1.41. The first kappa shape index (κ1) is 10.4. The summed E-state index contributed by atoms with van der Waals surface area (Å²) in [7, 11) is 1.62. The fourth-order valence-electron chi connectivity index (χ4n) is 1.41. The van der Waals surface area contributed by atoms with Crippen molar-refractivity contribution in [2.75, 3.05) is 7.05 Å². The third-order valence-corrected chi connectivity index (χ3v) is 2.25. The number of nitrogens with one attached hydrogen (secondary N) is 1. The first-order chi connectivity index (χ1) is 7.79. The number of amides is 1. The van der Waals surface area contributed by atoms with Crippen LogP contribution < -0.4 is 5.32 Å². The third-order valence-electron chi connectivity index (χ3n) is 2.25. The summed E-state index contributed by atoms with van der Waals surface area (Å²) in [5.74, 6) is -0.0766. The summed E-state index contributed by atoms with van der Waals surface area (Å²) in [6, 6.07) is 7.41. The molecule has 0 atom stereocenters. The van der Waals surface area contributed by atoms with Gasteiger partial charge in [-0.25, -0.2) is 9.67 Å². The van der Waals surface area contributed by atoms with E-state index in [2.05, 4.69) is 15.4 Å². The number of hydrogen-bond donors (Lipinski definition) is 1. The Hall–Kier alpha value is -2.17. The highest BCUT2D eigenvalue weighted by Crippen LogP contribution is 2.05. The summed E-state index contributed by atoms with van der Waals surface area (Å²) in [4.78, 5) is 15.2. The zero-order chi connectivity index (χ0) is 11.4. The van der Waals surface area contributed by atoms with Crippen LogP contribution in [-0.2, 0) is 6.54 Å². The lowest BCUT2D eigenvalue weighted by molar-refractivity contribution is 0.0963. The van der Waals surface area contributed by atoms with Crippen molar-refractivity contribution >= 4 is 5.91 Å². The van der Waals surface area contributed by atoms with E-state index >= 15 is 0 Å². The molecule has 16 heavy (non-hydrogen) atoms. The molecular weight excluding hydrogens is 204 g/mol.